The number of carbonyl (C=O) groups excluding carboxylic acids is 1. The molecule has 0 aromatic heterocycles. The molecular formula is C15H14F2N2OS. The molecule has 0 saturated carbocycles. The molecular weight excluding hydrogens is 294 g/mol. The summed E-state index contributed by atoms with van der Waals surface area (Å²) in [7, 11) is 0. The Bertz CT molecular complexity index is 600. The van der Waals surface area contributed by atoms with Crippen molar-refractivity contribution in [2.45, 2.75) is 17.6 Å². The van der Waals surface area contributed by atoms with E-state index < -0.39 is 5.76 Å². The third kappa shape index (κ3) is 5.07. The molecule has 0 fully saturated rings. The number of carbonyl (C=O) groups is 1. The lowest BCUT2D eigenvalue weighted by Crippen LogP contribution is -2.19. The number of anilines is 2. The first kappa shape index (κ1) is 15.3. The van der Waals surface area contributed by atoms with Crippen LogP contribution in [0.1, 0.15) is 5.56 Å². The molecule has 2 rings (SSSR count). The largest absolute Gasteiger partial charge is 0.323 e. The van der Waals surface area contributed by atoms with Crippen LogP contribution in [0.3, 0.4) is 0 Å². The molecule has 0 aliphatic rings. The van der Waals surface area contributed by atoms with Crippen molar-refractivity contribution in [2.24, 2.45) is 0 Å². The van der Waals surface area contributed by atoms with Crippen LogP contribution in [0.4, 0.5) is 25.0 Å². The molecule has 2 aromatic carbocycles. The van der Waals surface area contributed by atoms with Gasteiger partial charge in [0.1, 0.15) is 0 Å². The molecule has 0 bridgehead atoms. The Kier molecular flexibility index (Phi) is 5.16. The highest BCUT2D eigenvalue weighted by atomic mass is 32.2. The van der Waals surface area contributed by atoms with Crippen LogP contribution in [0.25, 0.3) is 0 Å². The zero-order valence-electron chi connectivity index (χ0n) is 11.3. The minimum Gasteiger partial charge on any atom is -0.308 e. The average molecular weight is 308 g/mol. The Labute approximate surface area is 125 Å². The molecule has 0 atom stereocenters. The summed E-state index contributed by atoms with van der Waals surface area (Å²) in [6.45, 7) is 1.96. The van der Waals surface area contributed by atoms with Crippen molar-refractivity contribution >= 4 is 29.2 Å². The number of rotatable bonds is 4. The van der Waals surface area contributed by atoms with Crippen molar-refractivity contribution in [1.29, 1.82) is 0 Å². The number of urea groups is 1. The quantitative estimate of drug-likeness (QED) is 0.784. The second-order valence-corrected chi connectivity index (χ2v) is 5.41. The summed E-state index contributed by atoms with van der Waals surface area (Å²) in [6, 6.07) is 13.3. The minimum absolute atomic E-state index is 0.381. The monoisotopic (exact) mass is 308 g/mol. The van der Waals surface area contributed by atoms with Crippen LogP contribution in [0, 0.1) is 6.92 Å². The zero-order chi connectivity index (χ0) is 15.2. The van der Waals surface area contributed by atoms with Gasteiger partial charge in [-0.1, -0.05) is 29.5 Å². The summed E-state index contributed by atoms with van der Waals surface area (Å²) in [5.41, 5.74) is 2.33. The summed E-state index contributed by atoms with van der Waals surface area (Å²) < 4.78 is 24.4. The highest BCUT2D eigenvalue weighted by Crippen LogP contribution is 2.26. The van der Waals surface area contributed by atoms with Crippen molar-refractivity contribution in [3.05, 3.63) is 54.1 Å². The average Bonchev–Trinajstić information content (AvgIpc) is 2.43. The molecule has 21 heavy (non-hydrogen) atoms. The predicted molar refractivity (Wildman–Crippen MR) is 82.1 cm³/mol. The molecule has 6 heteroatoms. The molecule has 0 spiro atoms. The van der Waals surface area contributed by atoms with E-state index in [1.165, 1.54) is 12.1 Å². The maximum absolute atomic E-state index is 12.2. The molecule has 0 heterocycles. The fraction of sp³-hybridized carbons (Fsp3) is 0.133. The summed E-state index contributed by atoms with van der Waals surface area (Å²) in [5.74, 6) is -2.45. The van der Waals surface area contributed by atoms with E-state index in [1.807, 2.05) is 19.1 Å². The standard InChI is InChI=1S/C15H14F2N2OS/c1-10-2-4-11(5-3-10)18-15(20)19-12-6-8-13(9-7-12)21-14(16)17/h2-9,14H,1H3,(H2,18,19,20). The number of aryl methyl sites for hydroxylation is 1. The number of halogens is 2. The normalized spacial score (nSPS) is 10.5. The molecule has 2 aromatic rings. The first-order valence-corrected chi connectivity index (χ1v) is 7.10. The predicted octanol–water partition coefficient (Wildman–Crippen LogP) is 4.95. The molecule has 110 valence electrons. The van der Waals surface area contributed by atoms with Gasteiger partial charge in [-0.25, -0.2) is 4.79 Å². The lowest BCUT2D eigenvalue weighted by Gasteiger charge is -2.08. The molecule has 2 amide bonds. The SMILES string of the molecule is Cc1ccc(NC(=O)Nc2ccc(SC(F)F)cc2)cc1. The smallest absolute Gasteiger partial charge is 0.308 e. The van der Waals surface area contributed by atoms with Gasteiger partial charge in [-0.2, -0.15) is 8.78 Å². The van der Waals surface area contributed by atoms with Crippen LogP contribution >= 0.6 is 11.8 Å². The van der Waals surface area contributed by atoms with E-state index in [0.717, 1.165) is 5.56 Å². The van der Waals surface area contributed by atoms with Crippen molar-refractivity contribution in [1.82, 2.24) is 0 Å². The van der Waals surface area contributed by atoms with Gasteiger partial charge < -0.3 is 10.6 Å². The second-order valence-electron chi connectivity index (χ2n) is 4.35. The van der Waals surface area contributed by atoms with Crippen molar-refractivity contribution in [3.8, 4) is 0 Å². The number of benzene rings is 2. The van der Waals surface area contributed by atoms with Crippen molar-refractivity contribution in [3.63, 3.8) is 0 Å². The van der Waals surface area contributed by atoms with E-state index >= 15 is 0 Å². The first-order chi connectivity index (χ1) is 10.0. The Balaban J connectivity index is 1.91. The molecule has 0 saturated heterocycles. The fourth-order valence-electron chi connectivity index (χ4n) is 1.65. The Hall–Kier alpha value is -2.08. The van der Waals surface area contributed by atoms with Gasteiger partial charge in [0, 0.05) is 16.3 Å². The Morgan fingerprint density at radius 3 is 1.90 bits per heavy atom. The third-order valence-electron chi connectivity index (χ3n) is 2.65. The molecule has 0 radical (unpaired) electrons. The summed E-state index contributed by atoms with van der Waals surface area (Å²) in [6.07, 6.45) is 0. The van der Waals surface area contributed by atoms with E-state index in [1.54, 1.807) is 24.3 Å². The van der Waals surface area contributed by atoms with Gasteiger partial charge in [0.2, 0.25) is 0 Å². The van der Waals surface area contributed by atoms with E-state index in [4.69, 9.17) is 0 Å². The van der Waals surface area contributed by atoms with Crippen LogP contribution < -0.4 is 10.6 Å². The Morgan fingerprint density at radius 2 is 1.43 bits per heavy atom. The number of thioether (sulfide) groups is 1. The maximum Gasteiger partial charge on any atom is 0.323 e. The first-order valence-electron chi connectivity index (χ1n) is 6.22. The highest BCUT2D eigenvalue weighted by molar-refractivity contribution is 7.99. The van der Waals surface area contributed by atoms with E-state index in [2.05, 4.69) is 10.6 Å². The van der Waals surface area contributed by atoms with Gasteiger partial charge in [0.25, 0.3) is 5.76 Å². The number of hydrogen-bond donors (Lipinski definition) is 2. The van der Waals surface area contributed by atoms with Gasteiger partial charge in [0.15, 0.2) is 0 Å². The summed E-state index contributed by atoms with van der Waals surface area (Å²) >= 11 is 0.468. The van der Waals surface area contributed by atoms with Gasteiger partial charge in [-0.15, -0.1) is 0 Å². The second kappa shape index (κ2) is 7.08. The fourth-order valence-corrected chi connectivity index (χ4v) is 2.15. The van der Waals surface area contributed by atoms with Gasteiger partial charge in [0.05, 0.1) is 0 Å². The van der Waals surface area contributed by atoms with Gasteiger partial charge in [-0.3, -0.25) is 0 Å². The number of alkyl halides is 2. The van der Waals surface area contributed by atoms with Crippen LogP contribution in [0.15, 0.2) is 53.4 Å². The van der Waals surface area contributed by atoms with Crippen LogP contribution in [0.5, 0.6) is 0 Å². The number of nitrogens with one attached hydrogen (secondary N) is 2. The molecule has 2 N–H and O–H groups in total. The molecule has 0 unspecified atom stereocenters. The highest BCUT2D eigenvalue weighted by Gasteiger charge is 2.06. The molecule has 3 nitrogen and oxygen atoms in total. The van der Waals surface area contributed by atoms with Crippen LogP contribution in [-0.4, -0.2) is 11.8 Å². The topological polar surface area (TPSA) is 41.1 Å². The third-order valence-corrected chi connectivity index (χ3v) is 3.37. The van der Waals surface area contributed by atoms with Crippen LogP contribution in [-0.2, 0) is 0 Å². The van der Waals surface area contributed by atoms with Crippen molar-refractivity contribution < 1.29 is 13.6 Å². The Morgan fingerprint density at radius 1 is 0.952 bits per heavy atom. The molecule has 0 aliphatic heterocycles. The minimum atomic E-state index is -2.45. The molecule has 0 aliphatic carbocycles. The lowest BCUT2D eigenvalue weighted by molar-refractivity contribution is 0.252. The number of amides is 2. The summed E-state index contributed by atoms with van der Waals surface area (Å²) in [4.78, 5) is 12.2. The van der Waals surface area contributed by atoms with E-state index in [0.29, 0.717) is 28.0 Å². The van der Waals surface area contributed by atoms with E-state index in [-0.39, 0.29) is 6.03 Å². The lowest BCUT2D eigenvalue weighted by atomic mass is 10.2. The van der Waals surface area contributed by atoms with Gasteiger partial charge in [-0.05, 0) is 43.3 Å². The van der Waals surface area contributed by atoms with Crippen LogP contribution in [0.2, 0.25) is 0 Å². The van der Waals surface area contributed by atoms with E-state index in [9.17, 15) is 13.6 Å². The summed E-state index contributed by atoms with van der Waals surface area (Å²) in [5, 5.41) is 5.33. The van der Waals surface area contributed by atoms with Crippen molar-refractivity contribution in [2.75, 3.05) is 10.6 Å². The maximum atomic E-state index is 12.2. The number of hydrogen-bond acceptors (Lipinski definition) is 2. The zero-order valence-corrected chi connectivity index (χ0v) is 12.1. The van der Waals surface area contributed by atoms with Gasteiger partial charge >= 0.3 is 6.03 Å².